The largest absolute Gasteiger partial charge is 0.264 e. The molecule has 2 aromatic rings. The van der Waals surface area contributed by atoms with Crippen LogP contribution < -0.4 is 0 Å². The lowest BCUT2D eigenvalue weighted by Gasteiger charge is -2.24. The maximum atomic E-state index is 13.1. The van der Waals surface area contributed by atoms with Crippen molar-refractivity contribution in [3.8, 4) is 0 Å². The van der Waals surface area contributed by atoms with Gasteiger partial charge in [-0.1, -0.05) is 37.3 Å². The molecular weight excluding hydrogens is 351 g/mol. The fourth-order valence-electron chi connectivity index (χ4n) is 3.02. The van der Waals surface area contributed by atoms with Crippen molar-refractivity contribution < 1.29 is 12.8 Å². The molecule has 1 atom stereocenters. The van der Waals surface area contributed by atoms with Gasteiger partial charge in [-0.25, -0.2) is 12.8 Å². The molecule has 26 heavy (non-hydrogen) atoms. The van der Waals surface area contributed by atoms with Gasteiger partial charge >= 0.3 is 0 Å². The Balaban J connectivity index is 1.75. The van der Waals surface area contributed by atoms with Gasteiger partial charge < -0.3 is 0 Å². The molecule has 1 fully saturated rings. The third-order valence-corrected chi connectivity index (χ3v) is 6.57. The number of sulfonamides is 1. The molecule has 1 saturated heterocycles. The van der Waals surface area contributed by atoms with Crippen molar-refractivity contribution in [2.45, 2.75) is 18.2 Å². The lowest BCUT2D eigenvalue weighted by Crippen LogP contribution is -2.31. The van der Waals surface area contributed by atoms with Crippen LogP contribution in [0.15, 0.2) is 71.9 Å². The van der Waals surface area contributed by atoms with Gasteiger partial charge in [0.15, 0.2) is 0 Å². The second-order valence-electron chi connectivity index (χ2n) is 6.78. The van der Waals surface area contributed by atoms with Crippen LogP contribution in [0.2, 0.25) is 0 Å². The summed E-state index contributed by atoms with van der Waals surface area (Å²) in [6, 6.07) is 8.74. The summed E-state index contributed by atoms with van der Waals surface area (Å²) in [6.07, 6.45) is 8.16. The van der Waals surface area contributed by atoms with Crippen molar-refractivity contribution in [2.75, 3.05) is 13.1 Å². The standard InChI is InChI=1S/C20H21FN2O2S/c1-16-14-23(26(24,25)19-9-7-18(21)8-10-19)15-20(16,2)11-3-5-17-6-4-12-22-13-17/h3-10,12-13H,1,11,14-15H2,2H3/b5-3+/t20-/m0/s1. The number of halogens is 1. The summed E-state index contributed by atoms with van der Waals surface area (Å²) in [4.78, 5) is 4.17. The number of nitrogens with zero attached hydrogens (tertiary/aromatic N) is 2. The van der Waals surface area contributed by atoms with Crippen LogP contribution in [0.3, 0.4) is 0 Å². The summed E-state index contributed by atoms with van der Waals surface area (Å²) in [5.74, 6) is -0.458. The van der Waals surface area contributed by atoms with E-state index in [4.69, 9.17) is 0 Å². The van der Waals surface area contributed by atoms with Gasteiger partial charge in [0.05, 0.1) is 4.90 Å². The molecule has 2 heterocycles. The number of rotatable bonds is 5. The Morgan fingerprint density at radius 2 is 2.04 bits per heavy atom. The third-order valence-electron chi connectivity index (χ3n) is 4.76. The molecular formula is C20H21FN2O2S. The fraction of sp³-hybridized carbons (Fsp3) is 0.250. The zero-order chi connectivity index (χ0) is 18.8. The summed E-state index contributed by atoms with van der Waals surface area (Å²) in [7, 11) is -3.66. The molecule has 136 valence electrons. The van der Waals surface area contributed by atoms with Gasteiger partial charge in [-0.2, -0.15) is 4.31 Å². The van der Waals surface area contributed by atoms with E-state index < -0.39 is 15.8 Å². The van der Waals surface area contributed by atoms with E-state index in [1.54, 1.807) is 12.4 Å². The zero-order valence-electron chi connectivity index (χ0n) is 14.6. The van der Waals surface area contributed by atoms with Gasteiger partial charge in [0.1, 0.15) is 5.82 Å². The Hall–Kier alpha value is -2.31. The highest BCUT2D eigenvalue weighted by atomic mass is 32.2. The lowest BCUT2D eigenvalue weighted by atomic mass is 9.82. The molecule has 0 N–H and O–H groups in total. The summed E-state index contributed by atoms with van der Waals surface area (Å²) in [5.41, 5.74) is 1.53. The molecule has 0 unspecified atom stereocenters. The quantitative estimate of drug-likeness (QED) is 0.748. The predicted molar refractivity (Wildman–Crippen MR) is 100 cm³/mol. The summed E-state index contributed by atoms with van der Waals surface area (Å²) in [5, 5.41) is 0. The number of hydrogen-bond donors (Lipinski definition) is 0. The van der Waals surface area contributed by atoms with Crippen molar-refractivity contribution in [3.05, 3.63) is 78.4 Å². The van der Waals surface area contributed by atoms with E-state index in [1.807, 2.05) is 31.2 Å². The minimum Gasteiger partial charge on any atom is -0.264 e. The van der Waals surface area contributed by atoms with Crippen molar-refractivity contribution in [1.29, 1.82) is 0 Å². The zero-order valence-corrected chi connectivity index (χ0v) is 15.4. The first-order valence-corrected chi connectivity index (χ1v) is 9.76. The molecule has 1 aromatic heterocycles. The molecule has 1 aliphatic rings. The van der Waals surface area contributed by atoms with E-state index in [-0.39, 0.29) is 16.9 Å². The molecule has 0 spiro atoms. The van der Waals surface area contributed by atoms with Crippen molar-refractivity contribution >= 4 is 16.1 Å². The van der Waals surface area contributed by atoms with E-state index in [1.165, 1.54) is 16.4 Å². The van der Waals surface area contributed by atoms with Crippen molar-refractivity contribution in [1.82, 2.24) is 9.29 Å². The van der Waals surface area contributed by atoms with Crippen molar-refractivity contribution in [3.63, 3.8) is 0 Å². The normalized spacial score (nSPS) is 21.5. The number of hydrogen-bond acceptors (Lipinski definition) is 3. The Labute approximate surface area is 153 Å². The Morgan fingerprint density at radius 1 is 1.31 bits per heavy atom. The van der Waals surface area contributed by atoms with Crippen LogP contribution in [0.4, 0.5) is 4.39 Å². The fourth-order valence-corrected chi connectivity index (χ4v) is 4.58. The van der Waals surface area contributed by atoms with E-state index in [9.17, 15) is 12.8 Å². The first-order chi connectivity index (χ1) is 12.3. The molecule has 3 rings (SSSR count). The topological polar surface area (TPSA) is 50.3 Å². The van der Waals surface area contributed by atoms with Crippen LogP contribution in [0, 0.1) is 11.2 Å². The van der Waals surface area contributed by atoms with Gasteiger partial charge in [0, 0.05) is 30.9 Å². The Morgan fingerprint density at radius 3 is 2.69 bits per heavy atom. The highest BCUT2D eigenvalue weighted by Gasteiger charge is 2.41. The van der Waals surface area contributed by atoms with E-state index in [2.05, 4.69) is 11.6 Å². The number of allylic oxidation sites excluding steroid dienone is 1. The summed E-state index contributed by atoms with van der Waals surface area (Å²) < 4.78 is 40.1. The first-order valence-electron chi connectivity index (χ1n) is 8.32. The van der Waals surface area contributed by atoms with Crippen LogP contribution in [0.25, 0.3) is 6.08 Å². The van der Waals surface area contributed by atoms with Gasteiger partial charge in [0.25, 0.3) is 0 Å². The van der Waals surface area contributed by atoms with Crippen molar-refractivity contribution in [2.24, 2.45) is 5.41 Å². The van der Waals surface area contributed by atoms with E-state index >= 15 is 0 Å². The van der Waals surface area contributed by atoms with Gasteiger partial charge in [-0.3, -0.25) is 4.98 Å². The summed E-state index contributed by atoms with van der Waals surface area (Å²) >= 11 is 0. The molecule has 0 bridgehead atoms. The minimum absolute atomic E-state index is 0.0989. The second-order valence-corrected chi connectivity index (χ2v) is 8.72. The van der Waals surface area contributed by atoms with Gasteiger partial charge in [-0.05, 0) is 42.3 Å². The second kappa shape index (κ2) is 7.13. The van der Waals surface area contributed by atoms with Crippen LogP contribution in [-0.2, 0) is 10.0 Å². The molecule has 0 aliphatic carbocycles. The molecule has 1 aromatic carbocycles. The molecule has 0 radical (unpaired) electrons. The number of aromatic nitrogens is 1. The first kappa shape index (κ1) is 18.5. The molecule has 1 aliphatic heterocycles. The average molecular weight is 372 g/mol. The van der Waals surface area contributed by atoms with Crippen LogP contribution in [-0.4, -0.2) is 30.8 Å². The average Bonchev–Trinajstić information content (AvgIpc) is 2.92. The smallest absolute Gasteiger partial charge is 0.243 e. The van der Waals surface area contributed by atoms with Crippen LogP contribution in [0.1, 0.15) is 18.9 Å². The minimum atomic E-state index is -3.66. The monoisotopic (exact) mass is 372 g/mol. The highest BCUT2D eigenvalue weighted by Crippen LogP contribution is 2.40. The molecule has 6 heteroatoms. The van der Waals surface area contributed by atoms with E-state index in [0.29, 0.717) is 13.0 Å². The van der Waals surface area contributed by atoms with Gasteiger partial charge in [-0.15, -0.1) is 0 Å². The van der Waals surface area contributed by atoms with Crippen LogP contribution in [0.5, 0.6) is 0 Å². The number of pyridine rings is 1. The molecule has 0 amide bonds. The van der Waals surface area contributed by atoms with E-state index in [0.717, 1.165) is 23.3 Å². The maximum Gasteiger partial charge on any atom is 0.243 e. The van der Waals surface area contributed by atoms with Crippen LogP contribution >= 0.6 is 0 Å². The molecule has 4 nitrogen and oxygen atoms in total. The predicted octanol–water partition coefficient (Wildman–Crippen LogP) is 3.89. The Kier molecular flexibility index (Phi) is 5.07. The lowest BCUT2D eigenvalue weighted by molar-refractivity contribution is 0.376. The SMILES string of the molecule is C=C1CN(S(=O)(=O)c2ccc(F)cc2)C[C@]1(C)C/C=C/c1cccnc1. The maximum absolute atomic E-state index is 13.1. The summed E-state index contributed by atoms with van der Waals surface area (Å²) in [6.45, 7) is 6.73. The number of benzene rings is 1. The highest BCUT2D eigenvalue weighted by molar-refractivity contribution is 7.89. The van der Waals surface area contributed by atoms with Gasteiger partial charge in [0.2, 0.25) is 10.0 Å². The third kappa shape index (κ3) is 3.76. The molecule has 0 saturated carbocycles. The Bertz CT molecular complexity index is 924.